The highest BCUT2D eigenvalue weighted by atomic mass is 28.4. The summed E-state index contributed by atoms with van der Waals surface area (Å²) in [7, 11) is -6.96. The van der Waals surface area contributed by atoms with Crippen LogP contribution in [0.5, 0.6) is 0 Å². The van der Waals surface area contributed by atoms with Crippen LogP contribution in [-0.4, -0.2) is 95.2 Å². The second-order valence-corrected chi connectivity index (χ2v) is 31.2. The number of hydrogen-bond acceptors (Lipinski definition) is 9. The maximum Gasteiger partial charge on any atom is 0.303 e. The second kappa shape index (κ2) is 13.9. The third kappa shape index (κ3) is 6.38. The van der Waals surface area contributed by atoms with Crippen LogP contribution in [-0.2, 0) is 32.3 Å². The number of hydrogen-bond donors (Lipinski definition) is 2. The quantitative estimate of drug-likeness (QED) is 0.115. The molecular formula is C37H68O9Si3. The number of ether oxygens (including phenoxy) is 2. The van der Waals surface area contributed by atoms with Gasteiger partial charge in [0.25, 0.3) is 0 Å². The summed E-state index contributed by atoms with van der Waals surface area (Å²) in [5.74, 6) is -1.69. The summed E-state index contributed by atoms with van der Waals surface area (Å²) in [5.41, 5.74) is -3.93. The molecule has 12 heteroatoms. The zero-order valence-electron chi connectivity index (χ0n) is 33.1. The van der Waals surface area contributed by atoms with Gasteiger partial charge in [-0.15, -0.1) is 0 Å². The molecule has 0 aromatic rings. The van der Waals surface area contributed by atoms with Crippen molar-refractivity contribution < 1.29 is 42.6 Å². The van der Waals surface area contributed by atoms with Gasteiger partial charge in [-0.2, -0.15) is 0 Å². The first-order valence-electron chi connectivity index (χ1n) is 19.1. The first-order valence-corrected chi connectivity index (χ1v) is 27.5. The lowest BCUT2D eigenvalue weighted by Crippen LogP contribution is -2.82. The van der Waals surface area contributed by atoms with Crippen molar-refractivity contribution in [3.63, 3.8) is 0 Å². The topological polar surface area (TPSA) is 121 Å². The summed E-state index contributed by atoms with van der Waals surface area (Å²) in [6, 6.07) is 5.14. The molecule has 2 bridgehead atoms. The van der Waals surface area contributed by atoms with Gasteiger partial charge in [0.15, 0.2) is 36.3 Å². The number of ketones is 1. The van der Waals surface area contributed by atoms with E-state index >= 15 is 4.79 Å². The van der Waals surface area contributed by atoms with Gasteiger partial charge in [-0.3, -0.25) is 9.59 Å². The molecule has 0 radical (unpaired) electrons. The molecule has 0 amide bonds. The minimum Gasteiger partial charge on any atom is -0.454 e. The van der Waals surface area contributed by atoms with Crippen molar-refractivity contribution in [3.05, 3.63) is 11.1 Å². The average Bonchev–Trinajstić information content (AvgIpc) is 3.02. The van der Waals surface area contributed by atoms with E-state index in [0.29, 0.717) is 6.42 Å². The number of aliphatic hydroxyl groups is 2. The Hall–Kier alpha value is -0.709. The number of fused-ring (bicyclic) bond motifs is 5. The maximum absolute atomic E-state index is 16.1. The number of Topliss-reactive ketones (excluding diaryl/α,β-unsaturated/α-hetero) is 1. The summed E-state index contributed by atoms with van der Waals surface area (Å²) in [6.07, 6.45) is -3.72. The fourth-order valence-electron chi connectivity index (χ4n) is 10.1. The monoisotopic (exact) mass is 740 g/mol. The predicted octanol–water partition coefficient (Wildman–Crippen LogP) is 7.14. The minimum atomic E-state index is -2.46. The number of carbonyl (C=O) groups excluding carboxylic acids is 2. The van der Waals surface area contributed by atoms with E-state index in [2.05, 4.69) is 61.2 Å². The number of esters is 1. The summed E-state index contributed by atoms with van der Waals surface area (Å²) in [4.78, 5) is 29.0. The molecule has 4 aliphatic rings. The fourth-order valence-corrected chi connectivity index (χ4v) is 16.9. The smallest absolute Gasteiger partial charge is 0.303 e. The van der Waals surface area contributed by atoms with Crippen LogP contribution in [0.4, 0.5) is 0 Å². The van der Waals surface area contributed by atoms with Crippen molar-refractivity contribution in [2.75, 3.05) is 6.61 Å². The molecule has 0 aromatic heterocycles. The molecule has 3 aliphatic carbocycles. The largest absolute Gasteiger partial charge is 0.454 e. The van der Waals surface area contributed by atoms with Crippen LogP contribution in [0, 0.1) is 16.7 Å². The number of rotatable bonds is 13. The highest BCUT2D eigenvalue weighted by Crippen LogP contribution is 2.64. The van der Waals surface area contributed by atoms with E-state index in [1.807, 2.05) is 27.7 Å². The van der Waals surface area contributed by atoms with Crippen molar-refractivity contribution in [2.45, 2.75) is 187 Å². The predicted molar refractivity (Wildman–Crippen MR) is 200 cm³/mol. The molecule has 1 heterocycles. The second-order valence-electron chi connectivity index (χ2n) is 17.3. The Morgan fingerprint density at radius 3 is 1.84 bits per heavy atom. The highest BCUT2D eigenvalue weighted by Gasteiger charge is 2.77. The Labute approximate surface area is 299 Å². The van der Waals surface area contributed by atoms with Gasteiger partial charge < -0.3 is 33.0 Å². The van der Waals surface area contributed by atoms with Crippen molar-refractivity contribution in [1.82, 2.24) is 0 Å². The fraction of sp³-hybridized carbons (Fsp3) is 0.892. The van der Waals surface area contributed by atoms with Crippen molar-refractivity contribution in [2.24, 2.45) is 16.7 Å². The summed E-state index contributed by atoms with van der Waals surface area (Å²) < 4.78 is 34.0. The lowest BCUT2D eigenvalue weighted by molar-refractivity contribution is -0.345. The van der Waals surface area contributed by atoms with E-state index in [4.69, 9.17) is 22.8 Å². The Morgan fingerprint density at radius 1 is 0.898 bits per heavy atom. The third-order valence-corrected chi connectivity index (χ3v) is 24.0. The zero-order valence-corrected chi connectivity index (χ0v) is 36.1. The maximum atomic E-state index is 16.1. The van der Waals surface area contributed by atoms with Gasteiger partial charge in [0.1, 0.15) is 17.8 Å². The SMILES string of the molecule is CC[Si](CC)(CC)OC1C(=O)[C@]2(C)C(O[Si](CC)(CC)CC)CC3OC[C@@]3(OC(C)=O)C2C(O)[C@]2(O)CC(O[Si](C)(C)C)C(C)=C1C2(C)C. The van der Waals surface area contributed by atoms with E-state index in [9.17, 15) is 15.0 Å². The van der Waals surface area contributed by atoms with Gasteiger partial charge in [-0.1, -0.05) is 55.4 Å². The van der Waals surface area contributed by atoms with Crippen LogP contribution in [0.25, 0.3) is 0 Å². The molecule has 3 fully saturated rings. The van der Waals surface area contributed by atoms with Gasteiger partial charge in [0.05, 0.1) is 30.3 Å². The van der Waals surface area contributed by atoms with Crippen molar-refractivity contribution >= 4 is 36.7 Å². The Morgan fingerprint density at radius 2 is 1.41 bits per heavy atom. The first-order chi connectivity index (χ1) is 22.6. The molecule has 0 spiro atoms. The van der Waals surface area contributed by atoms with Crippen molar-refractivity contribution in [1.29, 1.82) is 0 Å². The molecule has 1 aliphatic heterocycles. The van der Waals surface area contributed by atoms with Crippen LogP contribution in [0.15, 0.2) is 11.1 Å². The minimum absolute atomic E-state index is 0.0304. The molecule has 9 atom stereocenters. The summed E-state index contributed by atoms with van der Waals surface area (Å²) in [6.45, 7) is 28.5. The molecule has 0 aromatic carbocycles. The molecule has 2 saturated carbocycles. The third-order valence-electron chi connectivity index (χ3n) is 13.8. The van der Waals surface area contributed by atoms with E-state index in [0.717, 1.165) is 47.4 Å². The Kier molecular flexibility index (Phi) is 11.7. The van der Waals surface area contributed by atoms with Crippen LogP contribution in [0.1, 0.15) is 89.0 Å². The Balaban J connectivity index is 2.14. The van der Waals surface area contributed by atoms with Crippen LogP contribution in [0.2, 0.25) is 55.9 Å². The van der Waals surface area contributed by atoms with Gasteiger partial charge in [-0.05, 0) is 80.9 Å². The van der Waals surface area contributed by atoms with E-state index in [1.54, 1.807) is 0 Å². The highest BCUT2D eigenvalue weighted by molar-refractivity contribution is 6.74. The molecule has 1 saturated heterocycles. The van der Waals surface area contributed by atoms with Gasteiger partial charge in [0, 0.05) is 31.1 Å². The van der Waals surface area contributed by atoms with E-state index in [1.165, 1.54) is 6.92 Å². The lowest BCUT2D eigenvalue weighted by atomic mass is 9.45. The normalized spacial score (nSPS) is 37.8. The number of carbonyl (C=O) groups is 2. The van der Waals surface area contributed by atoms with Gasteiger partial charge in [0.2, 0.25) is 0 Å². The average molecular weight is 741 g/mol. The molecule has 49 heavy (non-hydrogen) atoms. The first kappa shape index (κ1) is 41.1. The van der Waals surface area contributed by atoms with E-state index < -0.39 is 89.4 Å². The molecular weight excluding hydrogens is 673 g/mol. The summed E-state index contributed by atoms with van der Waals surface area (Å²) >= 11 is 0. The Bertz CT molecular complexity index is 1270. The van der Waals surface area contributed by atoms with Crippen LogP contribution >= 0.6 is 0 Å². The molecule has 9 nitrogen and oxygen atoms in total. The van der Waals surface area contributed by atoms with Crippen LogP contribution in [0.3, 0.4) is 0 Å². The molecule has 2 N–H and O–H groups in total. The van der Waals surface area contributed by atoms with E-state index in [-0.39, 0.29) is 18.8 Å². The molecule has 282 valence electrons. The summed E-state index contributed by atoms with van der Waals surface area (Å²) in [5, 5.41) is 26.4. The molecule has 4 rings (SSSR count). The van der Waals surface area contributed by atoms with Gasteiger partial charge in [-0.25, -0.2) is 0 Å². The van der Waals surface area contributed by atoms with Crippen LogP contribution < -0.4 is 0 Å². The number of aliphatic hydroxyl groups excluding tert-OH is 1. The van der Waals surface area contributed by atoms with Gasteiger partial charge >= 0.3 is 5.97 Å². The van der Waals surface area contributed by atoms with Crippen molar-refractivity contribution in [3.8, 4) is 0 Å². The zero-order chi connectivity index (χ0) is 37.2. The molecule has 6 unspecified atom stereocenters. The standard InChI is InChI=1S/C37H68O9Si3/c1-15-48(16-2,17-3)45-27-21-28-36(23-42-28,43-25(8)38)31-33(40)37(41)22-26(44-47(12,13)14)24(7)29(34(37,9)10)30(32(39)35(27,31)11)46-49(18-4,19-5)20-6/h26-28,30-31,33,40-41H,15-23H2,1-14H3/t26?,27?,28?,30?,31?,33?,35-,36+,37-/m1/s1. The lowest BCUT2D eigenvalue weighted by Gasteiger charge is -2.68.